The number of thiophene rings is 1. The fourth-order valence-corrected chi connectivity index (χ4v) is 5.05. The van der Waals surface area contributed by atoms with Gasteiger partial charge < -0.3 is 14.6 Å². The number of nitrogens with zero attached hydrogens (tertiary/aromatic N) is 2. The maximum atomic E-state index is 12.7. The number of rotatable bonds is 5. The number of aromatic nitrogens is 1. The molecule has 1 N–H and O–H groups in total. The lowest BCUT2D eigenvalue weighted by molar-refractivity contribution is 0.0169. The Morgan fingerprint density at radius 3 is 3.04 bits per heavy atom. The summed E-state index contributed by atoms with van der Waals surface area (Å²) in [6, 6.07) is 0. The van der Waals surface area contributed by atoms with Gasteiger partial charge in [0.1, 0.15) is 5.76 Å². The third kappa shape index (κ3) is 4.10. The van der Waals surface area contributed by atoms with Gasteiger partial charge in [0.05, 0.1) is 17.4 Å². The number of amides is 1. The van der Waals surface area contributed by atoms with Gasteiger partial charge in [0.15, 0.2) is 0 Å². The largest absolute Gasteiger partial charge is 0.376 e. The molecule has 0 radical (unpaired) electrons. The lowest BCUT2D eigenvalue weighted by Crippen LogP contribution is -2.36. The predicted molar refractivity (Wildman–Crippen MR) is 104 cm³/mol. The number of hydrogen-bond donors (Lipinski definition) is 1. The van der Waals surface area contributed by atoms with E-state index in [1.54, 1.807) is 11.3 Å². The Bertz CT molecular complexity index is 788. The molecule has 7 heteroatoms. The van der Waals surface area contributed by atoms with Gasteiger partial charge in [0, 0.05) is 48.6 Å². The minimum Gasteiger partial charge on any atom is -0.376 e. The van der Waals surface area contributed by atoms with Crippen molar-refractivity contribution in [1.82, 2.24) is 15.4 Å². The number of carbonyl (C=O) groups is 1. The molecule has 0 aromatic carbocycles. The number of aryl methyl sites for hydroxylation is 2. The van der Waals surface area contributed by atoms with Crippen molar-refractivity contribution in [2.24, 2.45) is 0 Å². The Hall–Kier alpha value is -1.70. The minimum atomic E-state index is 0.0425. The van der Waals surface area contributed by atoms with Gasteiger partial charge in [-0.3, -0.25) is 9.69 Å². The van der Waals surface area contributed by atoms with Crippen LogP contribution in [0.5, 0.6) is 0 Å². The van der Waals surface area contributed by atoms with Gasteiger partial charge in [-0.05, 0) is 45.1 Å². The molecule has 0 bridgehead atoms. The van der Waals surface area contributed by atoms with Crippen molar-refractivity contribution < 1.29 is 14.1 Å². The van der Waals surface area contributed by atoms with Crippen molar-refractivity contribution in [2.45, 2.75) is 58.7 Å². The van der Waals surface area contributed by atoms with Crippen LogP contribution >= 0.6 is 11.3 Å². The molecule has 4 rings (SSSR count). The van der Waals surface area contributed by atoms with E-state index in [2.05, 4.69) is 15.4 Å². The SMILES string of the molecule is Cc1noc(C)c1CN1CCc2c(C(=O)NC[C@@H]3CCCCO3)csc2C1. The summed E-state index contributed by atoms with van der Waals surface area (Å²) in [7, 11) is 0. The molecule has 2 aromatic heterocycles. The summed E-state index contributed by atoms with van der Waals surface area (Å²) in [5, 5.41) is 9.14. The molecule has 146 valence electrons. The summed E-state index contributed by atoms with van der Waals surface area (Å²) in [5.74, 6) is 0.940. The molecule has 1 amide bonds. The monoisotopic (exact) mass is 389 g/mol. The Labute approximate surface area is 163 Å². The molecule has 1 saturated heterocycles. The average Bonchev–Trinajstić information content (AvgIpc) is 3.25. The molecule has 0 saturated carbocycles. The summed E-state index contributed by atoms with van der Waals surface area (Å²) >= 11 is 1.69. The molecule has 2 aliphatic rings. The van der Waals surface area contributed by atoms with Crippen LogP contribution in [-0.2, 0) is 24.2 Å². The number of hydrogen-bond acceptors (Lipinski definition) is 6. The first kappa shape index (κ1) is 18.7. The minimum absolute atomic E-state index is 0.0425. The number of fused-ring (bicyclic) bond motifs is 1. The standard InChI is InChI=1S/C20H27N3O3S/c1-13-17(14(2)26-22-13)10-23-7-6-16-18(12-27-19(16)11-23)20(24)21-9-15-5-3-4-8-25-15/h12,15H,3-11H2,1-2H3,(H,21,24)/t15-/m0/s1. The highest BCUT2D eigenvalue weighted by atomic mass is 32.1. The Morgan fingerprint density at radius 1 is 1.41 bits per heavy atom. The molecule has 0 spiro atoms. The molecule has 2 aliphatic heterocycles. The number of nitrogens with one attached hydrogen (secondary N) is 1. The van der Waals surface area contributed by atoms with Gasteiger partial charge in [0.25, 0.3) is 5.91 Å². The maximum absolute atomic E-state index is 12.7. The van der Waals surface area contributed by atoms with Crippen LogP contribution in [0.2, 0.25) is 0 Å². The second-order valence-electron chi connectivity index (χ2n) is 7.51. The van der Waals surface area contributed by atoms with Crippen molar-refractivity contribution in [3.05, 3.63) is 38.4 Å². The van der Waals surface area contributed by atoms with Gasteiger partial charge in [-0.2, -0.15) is 0 Å². The molecular weight excluding hydrogens is 362 g/mol. The zero-order valence-corrected chi connectivity index (χ0v) is 16.9. The molecule has 2 aromatic rings. The van der Waals surface area contributed by atoms with Gasteiger partial charge in [-0.15, -0.1) is 11.3 Å². The fourth-order valence-electron chi connectivity index (χ4n) is 3.93. The topological polar surface area (TPSA) is 67.6 Å². The van der Waals surface area contributed by atoms with Crippen molar-refractivity contribution in [1.29, 1.82) is 0 Å². The van der Waals surface area contributed by atoms with E-state index in [4.69, 9.17) is 9.26 Å². The van der Waals surface area contributed by atoms with E-state index in [9.17, 15) is 4.79 Å². The van der Waals surface area contributed by atoms with E-state index in [0.717, 1.165) is 62.5 Å². The molecule has 6 nitrogen and oxygen atoms in total. The smallest absolute Gasteiger partial charge is 0.252 e. The van der Waals surface area contributed by atoms with E-state index in [1.807, 2.05) is 19.2 Å². The van der Waals surface area contributed by atoms with Crippen LogP contribution in [-0.4, -0.2) is 41.8 Å². The van der Waals surface area contributed by atoms with Gasteiger partial charge >= 0.3 is 0 Å². The second kappa shape index (κ2) is 8.12. The van der Waals surface area contributed by atoms with Crippen LogP contribution in [0.4, 0.5) is 0 Å². The normalized spacial score (nSPS) is 20.4. The molecular formula is C20H27N3O3S. The highest BCUT2D eigenvalue weighted by Crippen LogP contribution is 2.30. The van der Waals surface area contributed by atoms with Crippen molar-refractivity contribution >= 4 is 17.2 Å². The molecule has 0 unspecified atom stereocenters. The molecule has 4 heterocycles. The molecule has 27 heavy (non-hydrogen) atoms. The number of carbonyl (C=O) groups excluding carboxylic acids is 1. The maximum Gasteiger partial charge on any atom is 0.252 e. The molecule has 0 aliphatic carbocycles. The zero-order valence-electron chi connectivity index (χ0n) is 16.0. The van der Waals surface area contributed by atoms with Gasteiger partial charge in [0.2, 0.25) is 0 Å². The third-order valence-corrected chi connectivity index (χ3v) is 6.61. The van der Waals surface area contributed by atoms with Crippen molar-refractivity contribution in [2.75, 3.05) is 19.7 Å². The van der Waals surface area contributed by atoms with E-state index in [0.29, 0.717) is 6.54 Å². The summed E-state index contributed by atoms with van der Waals surface area (Å²) < 4.78 is 11.0. The van der Waals surface area contributed by atoms with E-state index >= 15 is 0 Å². The lowest BCUT2D eigenvalue weighted by atomic mass is 10.0. The van der Waals surface area contributed by atoms with Crippen LogP contribution in [0.3, 0.4) is 0 Å². The Kier molecular flexibility index (Phi) is 5.61. The zero-order chi connectivity index (χ0) is 18.8. The van der Waals surface area contributed by atoms with Gasteiger partial charge in [-0.1, -0.05) is 5.16 Å². The second-order valence-corrected chi connectivity index (χ2v) is 8.48. The van der Waals surface area contributed by atoms with Gasteiger partial charge in [-0.25, -0.2) is 0 Å². The first-order chi connectivity index (χ1) is 13.1. The van der Waals surface area contributed by atoms with Crippen molar-refractivity contribution in [3.8, 4) is 0 Å². The fraction of sp³-hybridized carbons (Fsp3) is 0.600. The highest BCUT2D eigenvalue weighted by molar-refractivity contribution is 7.10. The summed E-state index contributed by atoms with van der Waals surface area (Å²) in [6.45, 7) is 8.05. The third-order valence-electron chi connectivity index (χ3n) is 5.60. The summed E-state index contributed by atoms with van der Waals surface area (Å²) in [6.07, 6.45) is 4.44. The van der Waals surface area contributed by atoms with E-state index < -0.39 is 0 Å². The molecule has 1 fully saturated rings. The van der Waals surface area contributed by atoms with Crippen LogP contribution in [0.15, 0.2) is 9.90 Å². The van der Waals surface area contributed by atoms with Crippen LogP contribution in [0, 0.1) is 13.8 Å². The molecule has 1 atom stereocenters. The Morgan fingerprint density at radius 2 is 2.30 bits per heavy atom. The van der Waals surface area contributed by atoms with E-state index in [1.165, 1.54) is 22.4 Å². The average molecular weight is 390 g/mol. The summed E-state index contributed by atoms with van der Waals surface area (Å²) in [5.41, 5.74) is 4.22. The quantitative estimate of drug-likeness (QED) is 0.850. The number of ether oxygens (including phenoxy) is 1. The Balaban J connectivity index is 1.37. The first-order valence-corrected chi connectivity index (χ1v) is 10.6. The summed E-state index contributed by atoms with van der Waals surface area (Å²) in [4.78, 5) is 16.4. The predicted octanol–water partition coefficient (Wildman–Crippen LogP) is 3.21. The van der Waals surface area contributed by atoms with Crippen molar-refractivity contribution in [3.63, 3.8) is 0 Å². The van der Waals surface area contributed by atoms with Crippen LogP contribution in [0.25, 0.3) is 0 Å². The lowest BCUT2D eigenvalue weighted by Gasteiger charge is -2.27. The first-order valence-electron chi connectivity index (χ1n) is 9.75. The van der Waals surface area contributed by atoms with E-state index in [-0.39, 0.29) is 12.0 Å². The van der Waals surface area contributed by atoms with Crippen LogP contribution in [0.1, 0.15) is 57.1 Å². The van der Waals surface area contributed by atoms with Crippen LogP contribution < -0.4 is 5.32 Å². The highest BCUT2D eigenvalue weighted by Gasteiger charge is 2.25.